The van der Waals surface area contributed by atoms with Crippen molar-refractivity contribution in [3.8, 4) is 11.1 Å². The number of ether oxygens (including phenoxy) is 1. The van der Waals surface area contributed by atoms with Crippen LogP contribution < -0.4 is 21.4 Å². The minimum Gasteiger partial charge on any atom is -0.378 e. The van der Waals surface area contributed by atoms with E-state index in [9.17, 15) is 9.59 Å². The van der Waals surface area contributed by atoms with Crippen LogP contribution in [0.1, 0.15) is 26.7 Å². The molecule has 7 nitrogen and oxygen atoms in total. The number of aromatic nitrogens is 1. The lowest BCUT2D eigenvalue weighted by atomic mass is 9.99. The average Bonchev–Trinajstić information content (AvgIpc) is 3.63. The summed E-state index contributed by atoms with van der Waals surface area (Å²) in [6.45, 7) is 6.80. The molecule has 39 heavy (non-hydrogen) atoms. The third-order valence-electron chi connectivity index (χ3n) is 7.49. The normalized spacial score (nSPS) is 16.2. The van der Waals surface area contributed by atoms with Gasteiger partial charge in [-0.15, -0.1) is 11.3 Å². The Kier molecular flexibility index (Phi) is 6.62. The smallest absolute Gasteiger partial charge is 0.244 e. The topological polar surface area (TPSA) is 100 Å². The molecule has 3 aromatic carbocycles. The number of para-hydroxylation sites is 1. The standard InChI is InChI=1S/C29H26N4O3S.C2H6/c30-29(9-10-29)28(35)31-17-7-8-24-22(15-17)20-5-2-4-19(27(20)37-24)18-3-1-6-21-23(34)16-25(32-26(18)21)33-11-13-36-14-12-33;1-2/h1-8,15-16H,9-14,30H2,(H,31,35)(H,32,34);1-2H3. The monoisotopic (exact) mass is 540 g/mol. The van der Waals surface area contributed by atoms with Gasteiger partial charge in [0.1, 0.15) is 5.82 Å². The first-order valence-electron chi connectivity index (χ1n) is 13.5. The molecular weight excluding hydrogens is 508 g/mol. The van der Waals surface area contributed by atoms with Crippen molar-refractivity contribution in [1.29, 1.82) is 0 Å². The van der Waals surface area contributed by atoms with Crippen molar-refractivity contribution in [3.05, 3.63) is 70.9 Å². The maximum atomic E-state index is 13.1. The van der Waals surface area contributed by atoms with Gasteiger partial charge in [0, 0.05) is 61.5 Å². The van der Waals surface area contributed by atoms with Gasteiger partial charge in [-0.1, -0.05) is 44.2 Å². The highest BCUT2D eigenvalue weighted by Crippen LogP contribution is 2.42. The molecule has 0 bridgehead atoms. The van der Waals surface area contributed by atoms with Crippen LogP contribution in [0.5, 0.6) is 0 Å². The van der Waals surface area contributed by atoms with Gasteiger partial charge < -0.3 is 25.7 Å². The van der Waals surface area contributed by atoms with Crippen molar-refractivity contribution >= 4 is 59.8 Å². The van der Waals surface area contributed by atoms with Crippen molar-refractivity contribution in [1.82, 2.24) is 4.98 Å². The Morgan fingerprint density at radius 1 is 0.974 bits per heavy atom. The Labute approximate surface area is 230 Å². The summed E-state index contributed by atoms with van der Waals surface area (Å²) in [6.07, 6.45) is 1.46. The molecule has 5 aromatic rings. The fourth-order valence-corrected chi connectivity index (χ4v) is 6.37. The van der Waals surface area contributed by atoms with Crippen LogP contribution in [0.25, 0.3) is 42.2 Å². The molecule has 7 rings (SSSR count). The zero-order valence-electron chi connectivity index (χ0n) is 22.2. The summed E-state index contributed by atoms with van der Waals surface area (Å²) < 4.78 is 7.77. The van der Waals surface area contributed by atoms with Crippen LogP contribution in [0.15, 0.2) is 65.5 Å². The number of pyridine rings is 1. The fraction of sp³-hybridized carbons (Fsp3) is 0.290. The molecule has 1 saturated carbocycles. The molecule has 2 aliphatic rings. The lowest BCUT2D eigenvalue weighted by Gasteiger charge is -2.28. The predicted molar refractivity (Wildman–Crippen MR) is 162 cm³/mol. The largest absolute Gasteiger partial charge is 0.378 e. The van der Waals surface area contributed by atoms with Crippen LogP contribution in [-0.4, -0.2) is 42.7 Å². The maximum absolute atomic E-state index is 13.1. The Morgan fingerprint density at radius 2 is 1.69 bits per heavy atom. The third kappa shape index (κ3) is 4.58. The number of nitrogens with zero attached hydrogens (tertiary/aromatic N) is 1. The summed E-state index contributed by atoms with van der Waals surface area (Å²) in [6, 6.07) is 19.9. The number of rotatable bonds is 4. The number of nitrogens with one attached hydrogen (secondary N) is 2. The van der Waals surface area contributed by atoms with E-state index in [1.165, 1.54) is 0 Å². The first-order chi connectivity index (χ1) is 19.0. The molecule has 0 unspecified atom stereocenters. The summed E-state index contributed by atoms with van der Waals surface area (Å²) in [7, 11) is 0. The predicted octanol–water partition coefficient (Wildman–Crippen LogP) is 5.86. The summed E-state index contributed by atoms with van der Waals surface area (Å²) in [4.78, 5) is 31.3. The highest BCUT2D eigenvalue weighted by Gasteiger charge is 2.45. The second-order valence-electron chi connectivity index (χ2n) is 9.95. The average molecular weight is 541 g/mol. The minimum atomic E-state index is -0.718. The van der Waals surface area contributed by atoms with Gasteiger partial charge in [0.2, 0.25) is 5.91 Å². The number of carbonyl (C=O) groups is 1. The molecule has 1 aliphatic heterocycles. The molecular formula is C31H32N4O3S. The Bertz CT molecular complexity index is 1760. The van der Waals surface area contributed by atoms with Gasteiger partial charge in [-0.3, -0.25) is 9.59 Å². The van der Waals surface area contributed by atoms with Crippen molar-refractivity contribution in [2.45, 2.75) is 32.2 Å². The van der Waals surface area contributed by atoms with E-state index in [0.29, 0.717) is 18.6 Å². The second-order valence-corrected chi connectivity index (χ2v) is 11.0. The lowest BCUT2D eigenvalue weighted by molar-refractivity contribution is -0.118. The second kappa shape index (κ2) is 10.1. The quantitative estimate of drug-likeness (QED) is 0.265. The van der Waals surface area contributed by atoms with Gasteiger partial charge in [-0.05, 0) is 37.1 Å². The molecule has 2 aromatic heterocycles. The number of morpholine rings is 1. The Balaban J connectivity index is 0.00000135. The number of aromatic amines is 1. The van der Waals surface area contributed by atoms with E-state index in [1.54, 1.807) is 17.4 Å². The van der Waals surface area contributed by atoms with Gasteiger partial charge in [-0.2, -0.15) is 0 Å². The number of nitrogens with two attached hydrogens (primary N) is 1. The number of hydrogen-bond donors (Lipinski definition) is 3. The molecule has 4 N–H and O–H groups in total. The van der Waals surface area contributed by atoms with Crippen LogP contribution in [0.2, 0.25) is 0 Å². The molecule has 1 saturated heterocycles. The van der Waals surface area contributed by atoms with E-state index in [4.69, 9.17) is 10.5 Å². The maximum Gasteiger partial charge on any atom is 0.244 e. The first-order valence-corrected chi connectivity index (χ1v) is 14.4. The molecule has 0 radical (unpaired) electrons. The molecule has 0 spiro atoms. The van der Waals surface area contributed by atoms with Crippen molar-refractivity contribution in [2.24, 2.45) is 5.73 Å². The zero-order valence-corrected chi connectivity index (χ0v) is 23.0. The lowest BCUT2D eigenvalue weighted by Crippen LogP contribution is -2.37. The fourth-order valence-electron chi connectivity index (χ4n) is 5.16. The number of H-pyrrole nitrogens is 1. The van der Waals surface area contributed by atoms with Gasteiger partial charge in [0.05, 0.1) is 24.3 Å². The molecule has 1 amide bonds. The summed E-state index contributed by atoms with van der Waals surface area (Å²) in [5.74, 6) is 0.702. The molecule has 0 atom stereocenters. The molecule has 1 aliphatic carbocycles. The number of amides is 1. The van der Waals surface area contributed by atoms with E-state index >= 15 is 0 Å². The number of hydrogen-bond acceptors (Lipinski definition) is 6. The summed E-state index contributed by atoms with van der Waals surface area (Å²) in [5, 5.41) is 5.87. The number of fused-ring (bicyclic) bond motifs is 4. The van der Waals surface area contributed by atoms with Crippen molar-refractivity contribution < 1.29 is 9.53 Å². The molecule has 8 heteroatoms. The van der Waals surface area contributed by atoms with E-state index in [1.807, 2.05) is 38.1 Å². The number of carbonyl (C=O) groups excluding carboxylic acids is 1. The van der Waals surface area contributed by atoms with Gasteiger partial charge >= 0.3 is 0 Å². The highest BCUT2D eigenvalue weighted by atomic mass is 32.1. The van der Waals surface area contributed by atoms with Crippen LogP contribution in [-0.2, 0) is 9.53 Å². The molecule has 2 fully saturated rings. The molecule has 200 valence electrons. The number of benzene rings is 3. The van der Waals surface area contributed by atoms with Gasteiger partial charge in [-0.25, -0.2) is 0 Å². The Morgan fingerprint density at radius 3 is 2.44 bits per heavy atom. The van der Waals surface area contributed by atoms with E-state index in [2.05, 4.69) is 45.5 Å². The van der Waals surface area contributed by atoms with Crippen molar-refractivity contribution in [2.75, 3.05) is 36.5 Å². The molecule has 3 heterocycles. The Hall–Kier alpha value is -3.72. The van der Waals surface area contributed by atoms with Gasteiger partial charge in [0.15, 0.2) is 5.43 Å². The van der Waals surface area contributed by atoms with E-state index in [0.717, 1.165) is 74.3 Å². The van der Waals surface area contributed by atoms with Crippen LogP contribution in [0.4, 0.5) is 11.5 Å². The highest BCUT2D eigenvalue weighted by molar-refractivity contribution is 7.26. The summed E-state index contributed by atoms with van der Waals surface area (Å²) >= 11 is 1.72. The SMILES string of the molecule is CC.NC1(C(=O)Nc2ccc3sc4c(-c5cccc6c(=O)cc(N7CCOCC7)[nH]c56)cccc4c3c2)CC1. The van der Waals surface area contributed by atoms with Crippen molar-refractivity contribution in [3.63, 3.8) is 0 Å². The number of thiophene rings is 1. The van der Waals surface area contributed by atoms with Gasteiger partial charge in [0.25, 0.3) is 0 Å². The van der Waals surface area contributed by atoms with Crippen LogP contribution >= 0.6 is 11.3 Å². The minimum absolute atomic E-state index is 0.00864. The van der Waals surface area contributed by atoms with Crippen LogP contribution in [0, 0.1) is 0 Å². The third-order valence-corrected chi connectivity index (χ3v) is 8.71. The van der Waals surface area contributed by atoms with E-state index < -0.39 is 5.54 Å². The number of anilines is 2. The first kappa shape index (κ1) is 25.6. The van der Waals surface area contributed by atoms with E-state index in [-0.39, 0.29) is 11.3 Å². The van der Waals surface area contributed by atoms with Crippen LogP contribution in [0.3, 0.4) is 0 Å². The zero-order chi connectivity index (χ0) is 27.1. The summed E-state index contributed by atoms with van der Waals surface area (Å²) in [5.41, 5.74) is 9.03.